The predicted molar refractivity (Wildman–Crippen MR) is 144 cm³/mol. The van der Waals surface area contributed by atoms with Crippen molar-refractivity contribution in [2.24, 2.45) is 5.41 Å². The van der Waals surface area contributed by atoms with Crippen LogP contribution in [-0.2, 0) is 16.0 Å². The second-order valence-corrected chi connectivity index (χ2v) is 11.6. The Balaban J connectivity index is 1.16. The quantitative estimate of drug-likeness (QED) is 0.439. The molecule has 208 valence electrons. The summed E-state index contributed by atoms with van der Waals surface area (Å²) in [6, 6.07) is 4.79. The highest BCUT2D eigenvalue weighted by Gasteiger charge is 2.48. The number of ether oxygens (including phenoxy) is 2. The van der Waals surface area contributed by atoms with Gasteiger partial charge in [-0.1, -0.05) is 6.92 Å². The minimum Gasteiger partial charge on any atom is -0.446 e. The summed E-state index contributed by atoms with van der Waals surface area (Å²) in [6.45, 7) is 9.59. The number of amides is 2. The van der Waals surface area contributed by atoms with E-state index in [4.69, 9.17) is 9.47 Å². The number of aromatic nitrogens is 4. The molecular formula is C28H35FN6O4. The molecule has 10 nitrogen and oxygen atoms in total. The smallest absolute Gasteiger partial charge is 0.413 e. The molecule has 1 aromatic carbocycles. The van der Waals surface area contributed by atoms with E-state index in [-0.39, 0.29) is 17.6 Å². The van der Waals surface area contributed by atoms with Gasteiger partial charge >= 0.3 is 12.2 Å². The van der Waals surface area contributed by atoms with E-state index in [1.807, 2.05) is 32.3 Å². The third-order valence-corrected chi connectivity index (χ3v) is 7.43. The standard InChI is InChI=1S/C28H35FN6O4/c1-5-8-35-17-31-33-24(35)21-11-18-13-23(30-16-19(18)12-22(21)29)32-25(36)38-20-14-28(15-20)6-9-34(10-7-28)26(37)39-27(2,3)4/h11-13,16-17,20H,5-10,14-15H2,1-4H3,(H,30,32,36). The number of benzene rings is 1. The third kappa shape index (κ3) is 5.97. The van der Waals surface area contributed by atoms with E-state index in [2.05, 4.69) is 20.5 Å². The number of hydrogen-bond donors (Lipinski definition) is 1. The van der Waals surface area contributed by atoms with Gasteiger partial charge < -0.3 is 18.9 Å². The van der Waals surface area contributed by atoms with Gasteiger partial charge in [-0.05, 0) is 81.9 Å². The Morgan fingerprint density at radius 1 is 1.15 bits per heavy atom. The molecule has 0 unspecified atom stereocenters. The van der Waals surface area contributed by atoms with E-state index in [0.29, 0.717) is 47.6 Å². The molecule has 1 saturated heterocycles. The lowest BCUT2D eigenvalue weighted by Crippen LogP contribution is -2.52. The first-order chi connectivity index (χ1) is 18.5. The SMILES string of the molecule is CCCn1cnnc1-c1cc2cc(NC(=O)OC3CC4(CCN(C(=O)OC(C)(C)C)CC4)C3)ncc2cc1F. The van der Waals surface area contributed by atoms with Crippen LogP contribution in [0.25, 0.3) is 22.2 Å². The number of nitrogens with one attached hydrogen (secondary N) is 1. The van der Waals surface area contributed by atoms with Crippen molar-refractivity contribution in [2.75, 3.05) is 18.4 Å². The lowest BCUT2D eigenvalue weighted by atomic mass is 9.61. The zero-order valence-corrected chi connectivity index (χ0v) is 22.9. The van der Waals surface area contributed by atoms with E-state index >= 15 is 0 Å². The van der Waals surface area contributed by atoms with Crippen LogP contribution in [0.2, 0.25) is 0 Å². The first-order valence-corrected chi connectivity index (χ1v) is 13.5. The highest BCUT2D eigenvalue weighted by atomic mass is 19.1. The van der Waals surface area contributed by atoms with E-state index in [1.54, 1.807) is 23.4 Å². The molecule has 2 amide bonds. The van der Waals surface area contributed by atoms with Crippen molar-refractivity contribution in [1.82, 2.24) is 24.6 Å². The Morgan fingerprint density at radius 3 is 2.59 bits per heavy atom. The summed E-state index contributed by atoms with van der Waals surface area (Å²) < 4.78 is 27.8. The summed E-state index contributed by atoms with van der Waals surface area (Å²) in [5, 5.41) is 12.0. The van der Waals surface area contributed by atoms with Crippen molar-refractivity contribution in [2.45, 2.75) is 78.0 Å². The normalized spacial score (nSPS) is 17.2. The fraction of sp³-hybridized carbons (Fsp3) is 0.536. The molecule has 0 bridgehead atoms. The molecule has 11 heteroatoms. The van der Waals surface area contributed by atoms with Crippen molar-refractivity contribution in [3.8, 4) is 11.4 Å². The fourth-order valence-electron chi connectivity index (χ4n) is 5.45. The number of hydrogen-bond acceptors (Lipinski definition) is 7. The topological polar surface area (TPSA) is 111 Å². The van der Waals surface area contributed by atoms with Gasteiger partial charge in [-0.2, -0.15) is 0 Å². The third-order valence-electron chi connectivity index (χ3n) is 7.43. The Kier molecular flexibility index (Phi) is 7.17. The molecule has 1 aliphatic heterocycles. The Hall–Kier alpha value is -3.76. The summed E-state index contributed by atoms with van der Waals surface area (Å²) in [5.41, 5.74) is -0.0718. The lowest BCUT2D eigenvalue weighted by Gasteiger charge is -2.51. The monoisotopic (exact) mass is 538 g/mol. The second-order valence-electron chi connectivity index (χ2n) is 11.6. The lowest BCUT2D eigenvalue weighted by molar-refractivity contribution is -0.0716. The number of aryl methyl sites for hydroxylation is 1. The van der Waals surface area contributed by atoms with Gasteiger partial charge in [-0.25, -0.2) is 19.0 Å². The Labute approximate surface area is 226 Å². The van der Waals surface area contributed by atoms with E-state index in [9.17, 15) is 14.0 Å². The van der Waals surface area contributed by atoms with E-state index in [1.165, 1.54) is 12.3 Å². The van der Waals surface area contributed by atoms with Crippen LogP contribution < -0.4 is 5.32 Å². The molecule has 39 heavy (non-hydrogen) atoms. The van der Waals surface area contributed by atoms with Crippen LogP contribution in [0, 0.1) is 11.2 Å². The highest BCUT2D eigenvalue weighted by Crippen LogP contribution is 2.50. The first kappa shape index (κ1) is 26.8. The van der Waals surface area contributed by atoms with Gasteiger partial charge in [0.2, 0.25) is 0 Å². The number of carbonyl (C=O) groups excluding carboxylic acids is 2. The highest BCUT2D eigenvalue weighted by molar-refractivity contribution is 5.91. The average molecular weight is 539 g/mol. The van der Waals surface area contributed by atoms with Gasteiger partial charge in [0.15, 0.2) is 5.82 Å². The maximum absolute atomic E-state index is 14.9. The average Bonchev–Trinajstić information content (AvgIpc) is 3.30. The number of likely N-dealkylation sites (tertiary alicyclic amines) is 1. The van der Waals surface area contributed by atoms with Crippen LogP contribution in [-0.4, -0.2) is 61.6 Å². The number of piperidine rings is 1. The molecule has 5 rings (SSSR count). The van der Waals surface area contributed by atoms with Crippen molar-refractivity contribution >= 4 is 28.8 Å². The molecule has 1 spiro atoms. The first-order valence-electron chi connectivity index (χ1n) is 13.5. The predicted octanol–water partition coefficient (Wildman–Crippen LogP) is 5.77. The maximum Gasteiger partial charge on any atom is 0.413 e. The summed E-state index contributed by atoms with van der Waals surface area (Å²) in [7, 11) is 0. The minimum absolute atomic E-state index is 0.101. The van der Waals surface area contributed by atoms with E-state index < -0.39 is 17.5 Å². The molecule has 0 radical (unpaired) electrons. The van der Waals surface area contributed by atoms with Gasteiger partial charge in [0.1, 0.15) is 29.7 Å². The van der Waals surface area contributed by atoms with Crippen molar-refractivity contribution in [1.29, 1.82) is 0 Å². The van der Waals surface area contributed by atoms with Crippen LogP contribution >= 0.6 is 0 Å². The van der Waals surface area contributed by atoms with E-state index in [0.717, 1.165) is 32.1 Å². The Morgan fingerprint density at radius 2 is 1.90 bits per heavy atom. The number of rotatable bonds is 5. The number of anilines is 1. The van der Waals surface area contributed by atoms with Crippen LogP contribution in [0.4, 0.5) is 19.8 Å². The number of nitrogens with zero attached hydrogens (tertiary/aromatic N) is 5. The van der Waals surface area contributed by atoms with Crippen LogP contribution in [0.5, 0.6) is 0 Å². The largest absolute Gasteiger partial charge is 0.446 e. The number of carbonyl (C=O) groups is 2. The Bertz CT molecular complexity index is 1370. The van der Waals surface area contributed by atoms with Gasteiger partial charge in [-0.15, -0.1) is 10.2 Å². The molecule has 3 heterocycles. The van der Waals surface area contributed by atoms with Gasteiger partial charge in [0.05, 0.1) is 5.56 Å². The minimum atomic E-state index is -0.571. The van der Waals surface area contributed by atoms with Crippen molar-refractivity contribution in [3.05, 3.63) is 36.5 Å². The zero-order valence-electron chi connectivity index (χ0n) is 22.9. The van der Waals surface area contributed by atoms with Gasteiger partial charge in [0.25, 0.3) is 0 Å². The van der Waals surface area contributed by atoms with Crippen LogP contribution in [0.1, 0.15) is 59.8 Å². The van der Waals surface area contributed by atoms with Crippen LogP contribution in [0.3, 0.4) is 0 Å². The maximum atomic E-state index is 14.9. The summed E-state index contributed by atoms with van der Waals surface area (Å²) in [5.74, 6) is 0.364. The number of halogens is 1. The molecular weight excluding hydrogens is 503 g/mol. The molecule has 1 N–H and O–H groups in total. The van der Waals surface area contributed by atoms with Crippen LogP contribution in [0.15, 0.2) is 30.7 Å². The fourth-order valence-corrected chi connectivity index (χ4v) is 5.45. The molecule has 0 atom stereocenters. The van der Waals surface area contributed by atoms with Gasteiger partial charge in [-0.3, -0.25) is 5.32 Å². The zero-order chi connectivity index (χ0) is 27.8. The summed E-state index contributed by atoms with van der Waals surface area (Å²) in [6.07, 6.45) is 6.23. The van der Waals surface area contributed by atoms with Crippen molar-refractivity contribution < 1.29 is 23.5 Å². The molecule has 2 aliphatic rings. The molecule has 2 aromatic heterocycles. The molecule has 2 fully saturated rings. The molecule has 1 saturated carbocycles. The summed E-state index contributed by atoms with van der Waals surface area (Å²) >= 11 is 0. The molecule has 3 aromatic rings. The molecule has 1 aliphatic carbocycles. The number of pyridine rings is 1. The van der Waals surface area contributed by atoms with Crippen molar-refractivity contribution in [3.63, 3.8) is 0 Å². The number of fused-ring (bicyclic) bond motifs is 1. The second kappa shape index (κ2) is 10.4. The summed E-state index contributed by atoms with van der Waals surface area (Å²) in [4.78, 5) is 30.9. The van der Waals surface area contributed by atoms with Gasteiger partial charge in [0, 0.05) is 31.2 Å².